The smallest absolute Gasteiger partial charge is 0.270 e. The van der Waals surface area contributed by atoms with Crippen molar-refractivity contribution < 1.29 is 22.1 Å². The standard InChI is InChI=1S/C23H17N3O3.ClH/c1-15-21(23(27)25-17-10-6-3-7-11-17)22(16-8-4-2-5-9-16)19-14-18(26(28)29)12-13-20(19)24-15;/h2-14H,1H3,(H,25,27);1H/p-1. The largest absolute Gasteiger partial charge is 1.00 e. The highest BCUT2D eigenvalue weighted by molar-refractivity contribution is 6.14. The van der Waals surface area contributed by atoms with Crippen LogP contribution in [-0.2, 0) is 0 Å². The van der Waals surface area contributed by atoms with Gasteiger partial charge in [0.15, 0.2) is 0 Å². The van der Waals surface area contributed by atoms with Crippen LogP contribution in [0.3, 0.4) is 0 Å². The van der Waals surface area contributed by atoms with E-state index in [1.54, 1.807) is 25.1 Å². The van der Waals surface area contributed by atoms with Gasteiger partial charge >= 0.3 is 0 Å². The zero-order valence-electron chi connectivity index (χ0n) is 16.0. The van der Waals surface area contributed by atoms with E-state index >= 15 is 0 Å². The number of non-ortho nitro benzene ring substituents is 1. The van der Waals surface area contributed by atoms with Gasteiger partial charge in [0, 0.05) is 28.8 Å². The number of amides is 1. The first kappa shape index (κ1) is 21.0. The van der Waals surface area contributed by atoms with Crippen molar-refractivity contribution in [1.29, 1.82) is 0 Å². The average Bonchev–Trinajstić information content (AvgIpc) is 2.73. The minimum absolute atomic E-state index is 0. The number of aromatic nitrogens is 1. The van der Waals surface area contributed by atoms with Gasteiger partial charge in [-0.2, -0.15) is 0 Å². The Morgan fingerprint density at radius 1 is 0.967 bits per heavy atom. The molecule has 1 heterocycles. The molecule has 1 amide bonds. The molecule has 3 aromatic carbocycles. The number of nitrogens with one attached hydrogen (secondary N) is 1. The van der Waals surface area contributed by atoms with E-state index in [1.165, 1.54) is 12.1 Å². The number of benzene rings is 3. The van der Waals surface area contributed by atoms with Gasteiger partial charge in [0.2, 0.25) is 0 Å². The molecule has 6 nitrogen and oxygen atoms in total. The van der Waals surface area contributed by atoms with Crippen LogP contribution in [0.15, 0.2) is 78.9 Å². The lowest BCUT2D eigenvalue weighted by atomic mass is 9.93. The first-order valence-corrected chi connectivity index (χ1v) is 9.05. The number of fused-ring (bicyclic) bond motifs is 1. The third-order valence-corrected chi connectivity index (χ3v) is 4.68. The summed E-state index contributed by atoms with van der Waals surface area (Å²) in [5, 5.41) is 14.8. The number of pyridine rings is 1. The summed E-state index contributed by atoms with van der Waals surface area (Å²) in [5.74, 6) is -0.312. The predicted molar refractivity (Wildman–Crippen MR) is 113 cm³/mol. The highest BCUT2D eigenvalue weighted by Gasteiger charge is 2.22. The summed E-state index contributed by atoms with van der Waals surface area (Å²) in [7, 11) is 0. The van der Waals surface area contributed by atoms with Gasteiger partial charge in [0.25, 0.3) is 11.6 Å². The second-order valence-corrected chi connectivity index (χ2v) is 6.59. The van der Waals surface area contributed by atoms with Crippen LogP contribution in [0.25, 0.3) is 22.0 Å². The van der Waals surface area contributed by atoms with Crippen molar-refractivity contribution in [1.82, 2.24) is 4.98 Å². The number of carbonyl (C=O) groups excluding carboxylic acids is 1. The maximum absolute atomic E-state index is 13.2. The molecule has 1 aromatic heterocycles. The lowest BCUT2D eigenvalue weighted by Crippen LogP contribution is -3.00. The number of carbonyl (C=O) groups is 1. The number of hydrogen-bond donors (Lipinski definition) is 1. The fourth-order valence-electron chi connectivity index (χ4n) is 3.39. The second kappa shape index (κ2) is 8.71. The lowest BCUT2D eigenvalue weighted by molar-refractivity contribution is -0.384. The SMILES string of the molecule is Cc1nc2ccc([N+](=O)[O-])cc2c(-c2ccccc2)c1C(=O)Nc1ccccc1.[Cl-]. The molecule has 1 N–H and O–H groups in total. The van der Waals surface area contributed by atoms with E-state index in [9.17, 15) is 14.9 Å². The Morgan fingerprint density at radius 2 is 1.60 bits per heavy atom. The van der Waals surface area contributed by atoms with E-state index in [1.807, 2.05) is 48.5 Å². The Labute approximate surface area is 179 Å². The van der Waals surface area contributed by atoms with Gasteiger partial charge in [0.1, 0.15) is 0 Å². The molecular weight excluding hydrogens is 402 g/mol. The van der Waals surface area contributed by atoms with E-state index in [4.69, 9.17) is 0 Å². The second-order valence-electron chi connectivity index (χ2n) is 6.59. The monoisotopic (exact) mass is 418 g/mol. The van der Waals surface area contributed by atoms with Gasteiger partial charge in [-0.15, -0.1) is 0 Å². The Hall–Kier alpha value is -3.77. The summed E-state index contributed by atoms with van der Waals surface area (Å²) >= 11 is 0. The zero-order valence-corrected chi connectivity index (χ0v) is 16.8. The van der Waals surface area contributed by atoms with Gasteiger partial charge < -0.3 is 17.7 Å². The van der Waals surface area contributed by atoms with Crippen LogP contribution in [0.5, 0.6) is 0 Å². The van der Waals surface area contributed by atoms with Crippen LogP contribution < -0.4 is 17.7 Å². The van der Waals surface area contributed by atoms with Gasteiger partial charge in [-0.1, -0.05) is 48.5 Å². The molecule has 0 bridgehead atoms. The summed E-state index contributed by atoms with van der Waals surface area (Å²) in [6, 6.07) is 23.0. The third-order valence-electron chi connectivity index (χ3n) is 4.68. The van der Waals surface area contributed by atoms with Crippen molar-refractivity contribution >= 4 is 28.2 Å². The van der Waals surface area contributed by atoms with Crippen LogP contribution >= 0.6 is 0 Å². The van der Waals surface area contributed by atoms with Gasteiger partial charge in [-0.05, 0) is 30.7 Å². The first-order chi connectivity index (χ1) is 14.0. The number of rotatable bonds is 4. The van der Waals surface area contributed by atoms with E-state index in [2.05, 4.69) is 10.3 Å². The molecule has 4 rings (SSSR count). The summed E-state index contributed by atoms with van der Waals surface area (Å²) in [6.07, 6.45) is 0. The van der Waals surface area contributed by atoms with E-state index in [0.717, 1.165) is 5.56 Å². The van der Waals surface area contributed by atoms with Crippen molar-refractivity contribution in [3.05, 3.63) is 100 Å². The number of nitro groups is 1. The maximum Gasteiger partial charge on any atom is 0.270 e. The van der Waals surface area contributed by atoms with Crippen molar-refractivity contribution in [2.24, 2.45) is 0 Å². The minimum Gasteiger partial charge on any atom is -1.00 e. The molecule has 30 heavy (non-hydrogen) atoms. The molecular formula is C23H17ClN3O3-. The molecule has 0 aliphatic rings. The van der Waals surface area contributed by atoms with E-state index < -0.39 is 4.92 Å². The number of hydrogen-bond acceptors (Lipinski definition) is 4. The van der Waals surface area contributed by atoms with Crippen LogP contribution in [-0.4, -0.2) is 15.8 Å². The summed E-state index contributed by atoms with van der Waals surface area (Å²) in [4.78, 5) is 28.6. The average molecular weight is 419 g/mol. The fraction of sp³-hybridized carbons (Fsp3) is 0.0435. The molecule has 0 saturated heterocycles. The fourth-order valence-corrected chi connectivity index (χ4v) is 3.39. The Morgan fingerprint density at radius 3 is 2.23 bits per heavy atom. The number of nitrogens with zero attached hydrogens (tertiary/aromatic N) is 2. The van der Waals surface area contributed by atoms with Gasteiger partial charge in [-0.3, -0.25) is 19.9 Å². The molecule has 0 atom stereocenters. The topological polar surface area (TPSA) is 85.1 Å². The molecule has 0 spiro atoms. The quantitative estimate of drug-likeness (QED) is 0.407. The van der Waals surface area contributed by atoms with Crippen molar-refractivity contribution in [2.75, 3.05) is 5.32 Å². The maximum atomic E-state index is 13.2. The molecule has 0 aliphatic carbocycles. The summed E-state index contributed by atoms with van der Waals surface area (Å²) in [6.45, 7) is 1.77. The molecule has 0 unspecified atom stereocenters. The van der Waals surface area contributed by atoms with Gasteiger partial charge in [0.05, 0.1) is 21.7 Å². The van der Waals surface area contributed by atoms with E-state index in [-0.39, 0.29) is 24.0 Å². The number of anilines is 1. The number of para-hydroxylation sites is 1. The lowest BCUT2D eigenvalue weighted by Gasteiger charge is -2.16. The zero-order chi connectivity index (χ0) is 20.4. The molecule has 4 aromatic rings. The molecule has 150 valence electrons. The highest BCUT2D eigenvalue weighted by Crippen LogP contribution is 2.35. The normalized spacial score (nSPS) is 10.3. The van der Waals surface area contributed by atoms with Crippen LogP contribution in [0, 0.1) is 17.0 Å². The molecule has 0 aliphatic heterocycles. The Balaban J connectivity index is 0.00000256. The summed E-state index contributed by atoms with van der Waals surface area (Å²) < 4.78 is 0. The minimum atomic E-state index is -0.447. The van der Waals surface area contributed by atoms with Crippen LogP contribution in [0.1, 0.15) is 16.1 Å². The van der Waals surface area contributed by atoms with Crippen molar-refractivity contribution in [3.63, 3.8) is 0 Å². The number of aryl methyl sites for hydroxylation is 1. The van der Waals surface area contributed by atoms with Gasteiger partial charge in [-0.25, -0.2) is 0 Å². The van der Waals surface area contributed by atoms with E-state index in [0.29, 0.717) is 33.4 Å². The third kappa shape index (κ3) is 3.99. The Bertz CT molecular complexity index is 1230. The highest BCUT2D eigenvalue weighted by atomic mass is 35.5. The van der Waals surface area contributed by atoms with Crippen molar-refractivity contribution in [2.45, 2.75) is 6.92 Å². The van der Waals surface area contributed by atoms with Crippen molar-refractivity contribution in [3.8, 4) is 11.1 Å². The molecule has 0 fully saturated rings. The number of nitro benzene ring substituents is 1. The Kier molecular flexibility index (Phi) is 6.09. The van der Waals surface area contributed by atoms with Crippen LogP contribution in [0.4, 0.5) is 11.4 Å². The first-order valence-electron chi connectivity index (χ1n) is 9.05. The molecule has 0 saturated carbocycles. The number of halogens is 1. The molecule has 7 heteroatoms. The summed E-state index contributed by atoms with van der Waals surface area (Å²) in [5.41, 5.74) is 3.59. The molecule has 0 radical (unpaired) electrons. The predicted octanol–water partition coefficient (Wildman–Crippen LogP) is 2.37. The van der Waals surface area contributed by atoms with Crippen LogP contribution in [0.2, 0.25) is 0 Å².